The van der Waals surface area contributed by atoms with Crippen LogP contribution in [0.5, 0.6) is 0 Å². The van der Waals surface area contributed by atoms with Gasteiger partial charge in [-0.1, -0.05) is 18.2 Å². The van der Waals surface area contributed by atoms with Crippen molar-refractivity contribution in [3.8, 4) is 0 Å². The first-order valence-electron chi connectivity index (χ1n) is 7.56. The van der Waals surface area contributed by atoms with Crippen molar-refractivity contribution in [1.29, 1.82) is 0 Å². The van der Waals surface area contributed by atoms with E-state index in [0.29, 0.717) is 0 Å². The van der Waals surface area contributed by atoms with Crippen molar-refractivity contribution in [2.75, 3.05) is 16.0 Å². The number of carbonyl (C=O) groups is 2. The van der Waals surface area contributed by atoms with Crippen molar-refractivity contribution in [3.63, 3.8) is 0 Å². The number of hydrogen-bond donors (Lipinski definition) is 3. The maximum atomic E-state index is 12.2. The van der Waals surface area contributed by atoms with Gasteiger partial charge < -0.3 is 16.0 Å². The Balaban J connectivity index is 1.66. The summed E-state index contributed by atoms with van der Waals surface area (Å²) in [6, 6.07) is 12.6. The van der Waals surface area contributed by atoms with Crippen LogP contribution in [0.2, 0.25) is 0 Å². The van der Waals surface area contributed by atoms with Gasteiger partial charge in [0.1, 0.15) is 6.04 Å². The van der Waals surface area contributed by atoms with Crippen LogP contribution in [0, 0.1) is 13.8 Å². The molecule has 1 aliphatic heterocycles. The van der Waals surface area contributed by atoms with E-state index in [9.17, 15) is 9.59 Å². The highest BCUT2D eigenvalue weighted by Gasteiger charge is 2.27. The second-order valence-corrected chi connectivity index (χ2v) is 5.78. The third-order valence-electron chi connectivity index (χ3n) is 4.01. The minimum absolute atomic E-state index is 0.0765. The summed E-state index contributed by atoms with van der Waals surface area (Å²) in [5.74, 6) is -0.390. The minimum Gasteiger partial charge on any atom is -0.372 e. The highest BCUT2D eigenvalue weighted by molar-refractivity contribution is 6.06. The molecular weight excluding hydrogens is 290 g/mol. The zero-order valence-corrected chi connectivity index (χ0v) is 13.1. The van der Waals surface area contributed by atoms with Gasteiger partial charge in [0, 0.05) is 5.69 Å². The molecule has 2 aromatic carbocycles. The van der Waals surface area contributed by atoms with Crippen molar-refractivity contribution < 1.29 is 9.59 Å². The Morgan fingerprint density at radius 3 is 2.57 bits per heavy atom. The maximum Gasteiger partial charge on any atom is 0.247 e. The Morgan fingerprint density at radius 2 is 1.83 bits per heavy atom. The van der Waals surface area contributed by atoms with Crippen molar-refractivity contribution in [1.82, 2.24) is 0 Å². The summed E-state index contributed by atoms with van der Waals surface area (Å²) >= 11 is 0. The molecule has 0 fully saturated rings. The van der Waals surface area contributed by atoms with E-state index in [-0.39, 0.29) is 18.2 Å². The molecular formula is C18H19N3O2. The van der Waals surface area contributed by atoms with Crippen LogP contribution in [0.1, 0.15) is 17.5 Å². The highest BCUT2D eigenvalue weighted by Crippen LogP contribution is 2.26. The number of anilines is 3. The zero-order chi connectivity index (χ0) is 16.4. The Kier molecular flexibility index (Phi) is 4.02. The van der Waals surface area contributed by atoms with Crippen LogP contribution >= 0.6 is 0 Å². The molecule has 0 radical (unpaired) electrons. The zero-order valence-electron chi connectivity index (χ0n) is 13.1. The Bertz CT molecular complexity index is 771. The predicted molar refractivity (Wildman–Crippen MR) is 91.6 cm³/mol. The Labute approximate surface area is 135 Å². The molecule has 5 heteroatoms. The summed E-state index contributed by atoms with van der Waals surface area (Å²) in [5.41, 5.74) is 4.60. The Hall–Kier alpha value is -2.82. The number of carbonyl (C=O) groups excluding carboxylic acids is 2. The summed E-state index contributed by atoms with van der Waals surface area (Å²) < 4.78 is 0. The minimum atomic E-state index is -0.573. The molecule has 118 valence electrons. The molecule has 0 spiro atoms. The predicted octanol–water partition coefficient (Wildman–Crippen LogP) is 3.06. The van der Waals surface area contributed by atoms with E-state index in [1.807, 2.05) is 56.3 Å². The summed E-state index contributed by atoms with van der Waals surface area (Å²) in [4.78, 5) is 24.3. The summed E-state index contributed by atoms with van der Waals surface area (Å²) in [7, 11) is 0. The van der Waals surface area contributed by atoms with Crippen LogP contribution in [-0.2, 0) is 9.59 Å². The lowest BCUT2D eigenvalue weighted by Gasteiger charge is -2.26. The molecule has 23 heavy (non-hydrogen) atoms. The van der Waals surface area contributed by atoms with Gasteiger partial charge >= 0.3 is 0 Å². The maximum absolute atomic E-state index is 12.2. The van der Waals surface area contributed by atoms with Crippen LogP contribution in [-0.4, -0.2) is 17.9 Å². The lowest BCUT2D eigenvalue weighted by atomic mass is 10.1. The van der Waals surface area contributed by atoms with Crippen LogP contribution in [0.25, 0.3) is 0 Å². The van der Waals surface area contributed by atoms with Crippen LogP contribution in [0.3, 0.4) is 0 Å². The average molecular weight is 309 g/mol. The van der Waals surface area contributed by atoms with Gasteiger partial charge in [-0.15, -0.1) is 0 Å². The largest absolute Gasteiger partial charge is 0.372 e. The highest BCUT2D eigenvalue weighted by atomic mass is 16.2. The molecule has 0 saturated heterocycles. The number of para-hydroxylation sites is 2. The second-order valence-electron chi connectivity index (χ2n) is 5.78. The molecule has 3 N–H and O–H groups in total. The molecule has 1 aliphatic rings. The van der Waals surface area contributed by atoms with Gasteiger partial charge in [0.05, 0.1) is 17.8 Å². The van der Waals surface area contributed by atoms with Gasteiger partial charge in [-0.3, -0.25) is 9.59 Å². The lowest BCUT2D eigenvalue weighted by Crippen LogP contribution is -2.41. The Morgan fingerprint density at radius 1 is 1.09 bits per heavy atom. The first-order valence-corrected chi connectivity index (χ1v) is 7.56. The molecule has 0 aromatic heterocycles. The van der Waals surface area contributed by atoms with E-state index in [1.54, 1.807) is 0 Å². The molecule has 0 aliphatic carbocycles. The van der Waals surface area contributed by atoms with Gasteiger partial charge in [-0.2, -0.15) is 0 Å². The molecule has 2 amide bonds. The summed E-state index contributed by atoms with van der Waals surface area (Å²) in [6.45, 7) is 4.02. The summed E-state index contributed by atoms with van der Waals surface area (Å²) in [5, 5.41) is 8.77. The number of aryl methyl sites for hydroxylation is 2. The molecule has 2 aromatic rings. The molecule has 5 nitrogen and oxygen atoms in total. The van der Waals surface area contributed by atoms with Crippen LogP contribution in [0.15, 0.2) is 42.5 Å². The molecule has 1 heterocycles. The van der Waals surface area contributed by atoms with Crippen LogP contribution in [0.4, 0.5) is 17.1 Å². The van der Waals surface area contributed by atoms with E-state index in [1.165, 1.54) is 5.56 Å². The fraction of sp³-hybridized carbons (Fsp3) is 0.222. The summed E-state index contributed by atoms with van der Waals surface area (Å²) in [6.07, 6.45) is 0.0765. The second kappa shape index (κ2) is 6.12. The molecule has 0 saturated carbocycles. The normalized spacial score (nSPS) is 16.1. The molecule has 1 atom stereocenters. The monoisotopic (exact) mass is 309 g/mol. The topological polar surface area (TPSA) is 70.2 Å². The van der Waals surface area contributed by atoms with Gasteiger partial charge in [0.25, 0.3) is 0 Å². The first-order chi connectivity index (χ1) is 11.0. The van der Waals surface area contributed by atoms with Gasteiger partial charge in [0.15, 0.2) is 0 Å². The van der Waals surface area contributed by atoms with Crippen molar-refractivity contribution in [2.24, 2.45) is 0 Å². The number of hydrogen-bond acceptors (Lipinski definition) is 3. The van der Waals surface area contributed by atoms with E-state index in [2.05, 4.69) is 16.0 Å². The van der Waals surface area contributed by atoms with Gasteiger partial charge in [-0.05, 0) is 49.2 Å². The molecule has 0 unspecified atom stereocenters. The van der Waals surface area contributed by atoms with E-state index >= 15 is 0 Å². The third kappa shape index (κ3) is 3.34. The quantitative estimate of drug-likeness (QED) is 0.816. The smallest absolute Gasteiger partial charge is 0.247 e. The standard InChI is InChI=1S/C18H19N3O2/c1-11-7-8-13(9-12(11)2)19-17(22)10-16-18(23)21-15-6-4-3-5-14(15)20-16/h3-9,16,20H,10H2,1-2H3,(H,19,22)(H,21,23)/t16-/m1/s1. The number of fused-ring (bicyclic) bond motifs is 1. The van der Waals surface area contributed by atoms with Gasteiger partial charge in [-0.25, -0.2) is 0 Å². The fourth-order valence-electron chi connectivity index (χ4n) is 2.55. The van der Waals surface area contributed by atoms with Crippen molar-refractivity contribution >= 4 is 28.9 Å². The fourth-order valence-corrected chi connectivity index (χ4v) is 2.55. The average Bonchev–Trinajstić information content (AvgIpc) is 2.51. The molecule has 3 rings (SSSR count). The van der Waals surface area contributed by atoms with Crippen molar-refractivity contribution in [3.05, 3.63) is 53.6 Å². The first kappa shape index (κ1) is 15.1. The SMILES string of the molecule is Cc1ccc(NC(=O)C[C@H]2Nc3ccccc3NC2=O)cc1C. The number of benzene rings is 2. The van der Waals surface area contributed by atoms with Gasteiger partial charge in [0.2, 0.25) is 11.8 Å². The number of nitrogens with one attached hydrogen (secondary N) is 3. The van der Waals surface area contributed by atoms with Crippen molar-refractivity contribution in [2.45, 2.75) is 26.3 Å². The molecule has 0 bridgehead atoms. The van der Waals surface area contributed by atoms with E-state index in [0.717, 1.165) is 22.6 Å². The lowest BCUT2D eigenvalue weighted by molar-refractivity contribution is -0.122. The van der Waals surface area contributed by atoms with E-state index < -0.39 is 6.04 Å². The van der Waals surface area contributed by atoms with Crippen LogP contribution < -0.4 is 16.0 Å². The third-order valence-corrected chi connectivity index (χ3v) is 4.01. The number of rotatable bonds is 3. The number of amides is 2. The van der Waals surface area contributed by atoms with E-state index in [4.69, 9.17) is 0 Å².